The van der Waals surface area contributed by atoms with E-state index in [-0.39, 0.29) is 11.9 Å². The van der Waals surface area contributed by atoms with Gasteiger partial charge in [-0.05, 0) is 60.3 Å². The first-order valence-corrected chi connectivity index (χ1v) is 10.4. The van der Waals surface area contributed by atoms with Crippen molar-refractivity contribution < 1.29 is 9.53 Å². The Balaban J connectivity index is 1.35. The van der Waals surface area contributed by atoms with E-state index in [1.165, 1.54) is 11.1 Å². The quantitative estimate of drug-likeness (QED) is 0.674. The molecule has 1 aliphatic heterocycles. The monoisotopic (exact) mass is 401 g/mol. The second kappa shape index (κ2) is 9.55. The maximum atomic E-state index is 12.4. The third-order valence-electron chi connectivity index (χ3n) is 5.53. The number of piperidine rings is 1. The minimum Gasteiger partial charge on any atom is -0.497 e. The summed E-state index contributed by atoms with van der Waals surface area (Å²) in [4.78, 5) is 18.9. The van der Waals surface area contributed by atoms with E-state index in [4.69, 9.17) is 4.74 Å². The average molecular weight is 402 g/mol. The zero-order chi connectivity index (χ0) is 20.8. The van der Waals surface area contributed by atoms with Crippen molar-refractivity contribution in [2.75, 3.05) is 20.2 Å². The van der Waals surface area contributed by atoms with E-state index in [9.17, 15) is 4.79 Å². The van der Waals surface area contributed by atoms with Crippen LogP contribution >= 0.6 is 0 Å². The Morgan fingerprint density at radius 1 is 1.13 bits per heavy atom. The Morgan fingerprint density at radius 3 is 2.77 bits per heavy atom. The van der Waals surface area contributed by atoms with Gasteiger partial charge in [-0.1, -0.05) is 36.4 Å². The molecule has 1 aliphatic rings. The van der Waals surface area contributed by atoms with Gasteiger partial charge in [0.1, 0.15) is 5.75 Å². The predicted molar refractivity (Wildman–Crippen MR) is 118 cm³/mol. The van der Waals surface area contributed by atoms with E-state index in [1.54, 1.807) is 31.6 Å². The van der Waals surface area contributed by atoms with Gasteiger partial charge in [0.05, 0.1) is 12.7 Å². The van der Waals surface area contributed by atoms with Crippen LogP contribution in [0.1, 0.15) is 28.8 Å². The maximum absolute atomic E-state index is 12.4. The van der Waals surface area contributed by atoms with Crippen molar-refractivity contribution in [2.45, 2.75) is 25.4 Å². The molecular formula is C25H27N3O2. The minimum absolute atomic E-state index is 0.0439. The number of aromatic nitrogens is 1. The number of pyridine rings is 1. The smallest absolute Gasteiger partial charge is 0.253 e. The normalized spacial score (nSPS) is 16.8. The van der Waals surface area contributed by atoms with Crippen LogP contribution in [0.4, 0.5) is 0 Å². The highest BCUT2D eigenvalue weighted by Crippen LogP contribution is 2.24. The number of carbonyl (C=O) groups excluding carboxylic acids is 1. The van der Waals surface area contributed by atoms with E-state index >= 15 is 0 Å². The number of ether oxygens (including phenoxy) is 1. The summed E-state index contributed by atoms with van der Waals surface area (Å²) >= 11 is 0. The van der Waals surface area contributed by atoms with Crippen LogP contribution in [0.15, 0.2) is 73.1 Å². The number of benzene rings is 2. The summed E-state index contributed by atoms with van der Waals surface area (Å²) in [6.07, 6.45) is 5.38. The lowest BCUT2D eigenvalue weighted by molar-refractivity contribution is 0.0900. The van der Waals surface area contributed by atoms with Crippen LogP contribution in [0.3, 0.4) is 0 Å². The SMILES string of the molecule is COc1cccc(-c2ccc(CN3CCCC(NC(=O)c4cccnc4)C3)cc2)c1. The molecule has 0 aliphatic carbocycles. The molecule has 2 heterocycles. The summed E-state index contributed by atoms with van der Waals surface area (Å²) in [5, 5.41) is 3.16. The van der Waals surface area contributed by atoms with Gasteiger partial charge in [0, 0.05) is 31.5 Å². The molecule has 1 fully saturated rings. The summed E-state index contributed by atoms with van der Waals surface area (Å²) in [5.74, 6) is 0.821. The van der Waals surface area contributed by atoms with Gasteiger partial charge in [-0.15, -0.1) is 0 Å². The van der Waals surface area contributed by atoms with Crippen LogP contribution < -0.4 is 10.1 Å². The number of likely N-dealkylation sites (tertiary alicyclic amines) is 1. The topological polar surface area (TPSA) is 54.5 Å². The summed E-state index contributed by atoms with van der Waals surface area (Å²) < 4.78 is 5.33. The maximum Gasteiger partial charge on any atom is 0.253 e. The number of methoxy groups -OCH3 is 1. The molecule has 4 rings (SSSR count). The third kappa shape index (κ3) is 5.05. The van der Waals surface area contributed by atoms with Gasteiger partial charge < -0.3 is 10.1 Å². The molecule has 3 aromatic rings. The minimum atomic E-state index is -0.0439. The van der Waals surface area contributed by atoms with Crippen LogP contribution in [0.5, 0.6) is 5.75 Å². The molecule has 0 saturated carbocycles. The molecule has 1 aromatic heterocycles. The standard InChI is InChI=1S/C25H27N3O2/c1-30-24-8-2-5-21(15-24)20-11-9-19(10-12-20)17-28-14-4-7-23(18-28)27-25(29)22-6-3-13-26-16-22/h2-3,5-6,8-13,15-16,23H,4,7,14,17-18H2,1H3,(H,27,29). The molecule has 154 valence electrons. The fourth-order valence-corrected chi connectivity index (χ4v) is 3.95. The Bertz CT molecular complexity index is 973. The third-order valence-corrected chi connectivity index (χ3v) is 5.53. The lowest BCUT2D eigenvalue weighted by Crippen LogP contribution is -2.47. The molecule has 1 N–H and O–H groups in total. The molecule has 0 radical (unpaired) electrons. The van der Waals surface area contributed by atoms with Crippen LogP contribution in [0.2, 0.25) is 0 Å². The largest absolute Gasteiger partial charge is 0.497 e. The van der Waals surface area contributed by atoms with E-state index < -0.39 is 0 Å². The number of amides is 1. The molecule has 5 nitrogen and oxygen atoms in total. The van der Waals surface area contributed by atoms with Gasteiger partial charge in [-0.3, -0.25) is 14.7 Å². The molecule has 1 saturated heterocycles. The van der Waals surface area contributed by atoms with Crippen LogP contribution in [-0.2, 0) is 6.54 Å². The second-order valence-electron chi connectivity index (χ2n) is 7.72. The molecule has 1 amide bonds. The zero-order valence-electron chi connectivity index (χ0n) is 17.3. The van der Waals surface area contributed by atoms with Crippen molar-refractivity contribution in [3.63, 3.8) is 0 Å². The van der Waals surface area contributed by atoms with Crippen molar-refractivity contribution in [1.29, 1.82) is 0 Å². The summed E-state index contributed by atoms with van der Waals surface area (Å²) in [5.41, 5.74) is 4.22. The van der Waals surface area contributed by atoms with Crippen LogP contribution in [-0.4, -0.2) is 42.0 Å². The number of rotatable bonds is 6. The fourth-order valence-electron chi connectivity index (χ4n) is 3.95. The Labute approximate surface area is 177 Å². The number of hydrogen-bond donors (Lipinski definition) is 1. The average Bonchev–Trinajstić information content (AvgIpc) is 2.80. The van der Waals surface area contributed by atoms with Crippen LogP contribution in [0.25, 0.3) is 11.1 Å². The van der Waals surface area contributed by atoms with E-state index in [0.717, 1.165) is 43.8 Å². The van der Waals surface area contributed by atoms with E-state index in [0.29, 0.717) is 5.56 Å². The van der Waals surface area contributed by atoms with Gasteiger partial charge in [0.2, 0.25) is 0 Å². The molecule has 5 heteroatoms. The van der Waals surface area contributed by atoms with Gasteiger partial charge in [0.25, 0.3) is 5.91 Å². The number of nitrogens with zero attached hydrogens (tertiary/aromatic N) is 2. The molecule has 30 heavy (non-hydrogen) atoms. The van der Waals surface area contributed by atoms with Gasteiger partial charge in [-0.2, -0.15) is 0 Å². The Morgan fingerprint density at radius 2 is 2.00 bits per heavy atom. The Hall–Kier alpha value is -3.18. The highest BCUT2D eigenvalue weighted by Gasteiger charge is 2.22. The predicted octanol–water partition coefficient (Wildman–Crippen LogP) is 4.15. The molecule has 0 spiro atoms. The van der Waals surface area contributed by atoms with Crippen molar-refractivity contribution >= 4 is 5.91 Å². The molecular weight excluding hydrogens is 374 g/mol. The first-order chi connectivity index (χ1) is 14.7. The summed E-state index contributed by atoms with van der Waals surface area (Å²) in [6, 6.07) is 20.6. The highest BCUT2D eigenvalue weighted by atomic mass is 16.5. The van der Waals surface area contributed by atoms with Crippen molar-refractivity contribution in [3.8, 4) is 16.9 Å². The van der Waals surface area contributed by atoms with Crippen molar-refractivity contribution in [1.82, 2.24) is 15.2 Å². The van der Waals surface area contributed by atoms with Crippen molar-refractivity contribution in [3.05, 3.63) is 84.2 Å². The fraction of sp³-hybridized carbons (Fsp3) is 0.280. The molecule has 1 atom stereocenters. The second-order valence-corrected chi connectivity index (χ2v) is 7.72. The lowest BCUT2D eigenvalue weighted by atomic mass is 10.0. The summed E-state index contributed by atoms with van der Waals surface area (Å²) in [6.45, 7) is 2.80. The first kappa shape index (κ1) is 20.1. The van der Waals surface area contributed by atoms with E-state index in [2.05, 4.69) is 51.6 Å². The lowest BCUT2D eigenvalue weighted by Gasteiger charge is -2.33. The molecule has 0 bridgehead atoms. The zero-order valence-corrected chi connectivity index (χ0v) is 17.3. The van der Waals surface area contributed by atoms with Gasteiger partial charge in [-0.25, -0.2) is 0 Å². The number of hydrogen-bond acceptors (Lipinski definition) is 4. The van der Waals surface area contributed by atoms with E-state index in [1.807, 2.05) is 12.1 Å². The Kier molecular flexibility index (Phi) is 6.40. The number of nitrogens with one attached hydrogen (secondary N) is 1. The van der Waals surface area contributed by atoms with Crippen molar-refractivity contribution in [2.24, 2.45) is 0 Å². The molecule has 1 unspecified atom stereocenters. The molecule has 2 aromatic carbocycles. The highest BCUT2D eigenvalue weighted by molar-refractivity contribution is 5.94. The summed E-state index contributed by atoms with van der Waals surface area (Å²) in [7, 11) is 1.69. The van der Waals surface area contributed by atoms with Gasteiger partial charge in [0.15, 0.2) is 0 Å². The number of carbonyl (C=O) groups is 1. The van der Waals surface area contributed by atoms with Crippen LogP contribution in [0, 0.1) is 0 Å². The van der Waals surface area contributed by atoms with Gasteiger partial charge >= 0.3 is 0 Å². The first-order valence-electron chi connectivity index (χ1n) is 10.4.